The maximum Gasteiger partial charge on any atom is 0.340 e. The molecule has 0 radical (unpaired) electrons. The van der Waals surface area contributed by atoms with Crippen LogP contribution < -0.4 is 11.2 Å². The summed E-state index contributed by atoms with van der Waals surface area (Å²) in [5.74, 6) is -0.731. The number of benzene rings is 1. The van der Waals surface area contributed by atoms with Crippen LogP contribution in [0.15, 0.2) is 46.1 Å². The van der Waals surface area contributed by atoms with Gasteiger partial charge in [-0.2, -0.15) is 4.57 Å². The molecule has 0 bridgehead atoms. The molecule has 1 unspecified atom stereocenters. The number of aliphatic hydroxyl groups excluding tert-OH is 2. The van der Waals surface area contributed by atoms with Gasteiger partial charge in [-0.3, -0.25) is 14.2 Å². The number of carbonyl (C=O) groups is 1. The molecule has 0 amide bonds. The molecule has 2 heterocycles. The number of aliphatic hydroxyl groups is 2. The number of hydrogen-bond donors (Lipinski definition) is 2. The fourth-order valence-electron chi connectivity index (χ4n) is 2.84. The van der Waals surface area contributed by atoms with Crippen LogP contribution in [-0.4, -0.2) is 44.1 Å². The second kappa shape index (κ2) is 6.75. The Labute approximate surface area is 142 Å². The van der Waals surface area contributed by atoms with Crippen LogP contribution in [0.3, 0.4) is 0 Å². The first-order valence-corrected chi connectivity index (χ1v) is 7.83. The minimum atomic E-state index is -0.938. The summed E-state index contributed by atoms with van der Waals surface area (Å²) in [6.45, 7) is 1.09. The van der Waals surface area contributed by atoms with Gasteiger partial charge in [-0.25, -0.2) is 4.79 Å². The number of carbonyl (C=O) groups excluding carboxylic acids is 1. The molecule has 8 heteroatoms. The van der Waals surface area contributed by atoms with E-state index < -0.39 is 42.2 Å². The second-order valence-corrected chi connectivity index (χ2v) is 5.93. The summed E-state index contributed by atoms with van der Waals surface area (Å²) in [4.78, 5) is 37.7. The highest BCUT2D eigenvalue weighted by atomic mass is 16.5. The highest BCUT2D eigenvalue weighted by Gasteiger charge is 2.35. The van der Waals surface area contributed by atoms with Gasteiger partial charge in [-0.1, -0.05) is 18.2 Å². The van der Waals surface area contributed by atoms with Crippen LogP contribution >= 0.6 is 0 Å². The van der Waals surface area contributed by atoms with Gasteiger partial charge in [0.15, 0.2) is 0 Å². The van der Waals surface area contributed by atoms with Crippen molar-refractivity contribution in [3.63, 3.8) is 0 Å². The van der Waals surface area contributed by atoms with Gasteiger partial charge in [-0.05, 0) is 19.1 Å². The molecule has 0 spiro atoms. The second-order valence-electron chi connectivity index (χ2n) is 5.93. The zero-order valence-corrected chi connectivity index (χ0v) is 13.5. The van der Waals surface area contributed by atoms with Crippen LogP contribution in [0.1, 0.15) is 28.6 Å². The molecule has 132 valence electrons. The van der Waals surface area contributed by atoms with E-state index in [1.54, 1.807) is 18.2 Å². The van der Waals surface area contributed by atoms with Crippen molar-refractivity contribution >= 4 is 5.91 Å². The molecule has 1 aliphatic rings. The Hall–Kier alpha value is -2.55. The summed E-state index contributed by atoms with van der Waals surface area (Å²) in [7, 11) is 0. The standard InChI is InChI=1S/C17H18N2O6/c1-10-8-18(14-7-12(21)13(9-20)25-14)17(24)19(15(10)22)16(23)11-5-3-2-4-6-11/h2-6,8,12-14,20-21H,7,9H2,1H3/t12?,13-,14-/m1/s1. The Morgan fingerprint density at radius 2 is 1.96 bits per heavy atom. The predicted molar refractivity (Wildman–Crippen MR) is 87.5 cm³/mol. The topological polar surface area (TPSA) is 111 Å². The summed E-state index contributed by atoms with van der Waals surface area (Å²) in [5.41, 5.74) is -1.15. The van der Waals surface area contributed by atoms with Crippen molar-refractivity contribution in [2.24, 2.45) is 0 Å². The summed E-state index contributed by atoms with van der Waals surface area (Å²) >= 11 is 0. The van der Waals surface area contributed by atoms with Crippen LogP contribution in [0.5, 0.6) is 0 Å². The van der Waals surface area contributed by atoms with Gasteiger partial charge in [0, 0.05) is 23.7 Å². The molecule has 25 heavy (non-hydrogen) atoms. The average Bonchev–Trinajstić information content (AvgIpc) is 2.99. The maximum atomic E-state index is 12.7. The molecular formula is C17H18N2O6. The summed E-state index contributed by atoms with van der Waals surface area (Å²) in [5, 5.41) is 19.0. The van der Waals surface area contributed by atoms with Crippen molar-refractivity contribution in [3.05, 3.63) is 68.5 Å². The Kier molecular flexibility index (Phi) is 4.67. The Morgan fingerprint density at radius 3 is 2.56 bits per heavy atom. The minimum absolute atomic E-state index is 0.0717. The third-order valence-corrected chi connectivity index (χ3v) is 4.20. The van der Waals surface area contributed by atoms with Gasteiger partial charge in [-0.15, -0.1) is 0 Å². The third-order valence-electron chi connectivity index (χ3n) is 4.20. The Bertz CT molecular complexity index is 902. The molecule has 1 aliphatic heterocycles. The molecule has 0 saturated carbocycles. The van der Waals surface area contributed by atoms with Gasteiger partial charge in [0.1, 0.15) is 12.3 Å². The minimum Gasteiger partial charge on any atom is -0.394 e. The molecule has 0 aliphatic carbocycles. The van der Waals surface area contributed by atoms with E-state index in [-0.39, 0.29) is 17.5 Å². The van der Waals surface area contributed by atoms with E-state index in [1.807, 2.05) is 0 Å². The van der Waals surface area contributed by atoms with Gasteiger partial charge < -0.3 is 14.9 Å². The largest absolute Gasteiger partial charge is 0.394 e. The zero-order chi connectivity index (χ0) is 18.1. The lowest BCUT2D eigenvalue weighted by atomic mass is 10.2. The maximum absolute atomic E-state index is 12.7. The fourth-order valence-corrected chi connectivity index (χ4v) is 2.84. The smallest absolute Gasteiger partial charge is 0.340 e. The summed E-state index contributed by atoms with van der Waals surface area (Å²) < 4.78 is 7.13. The first-order valence-electron chi connectivity index (χ1n) is 7.83. The zero-order valence-electron chi connectivity index (χ0n) is 13.5. The van der Waals surface area contributed by atoms with Crippen molar-refractivity contribution < 1.29 is 19.7 Å². The molecule has 1 aromatic carbocycles. The highest BCUT2D eigenvalue weighted by molar-refractivity contribution is 5.95. The number of aromatic nitrogens is 2. The number of nitrogens with zero attached hydrogens (tertiary/aromatic N) is 2. The van der Waals surface area contributed by atoms with Crippen molar-refractivity contribution in [2.75, 3.05) is 6.61 Å². The molecule has 1 aromatic heterocycles. The monoisotopic (exact) mass is 346 g/mol. The van der Waals surface area contributed by atoms with E-state index in [9.17, 15) is 24.6 Å². The molecule has 2 N–H and O–H groups in total. The fraction of sp³-hybridized carbons (Fsp3) is 0.353. The van der Waals surface area contributed by atoms with Gasteiger partial charge in [0.05, 0.1) is 12.7 Å². The summed E-state index contributed by atoms with van der Waals surface area (Å²) in [6, 6.07) is 8.01. The quantitative estimate of drug-likeness (QED) is 0.786. The van der Waals surface area contributed by atoms with Gasteiger partial charge in [0.25, 0.3) is 11.5 Å². The van der Waals surface area contributed by atoms with Crippen molar-refractivity contribution in [1.29, 1.82) is 0 Å². The molecule has 2 aromatic rings. The number of aryl methyl sites for hydroxylation is 1. The number of ether oxygens (including phenoxy) is 1. The molecule has 3 atom stereocenters. The van der Waals surface area contributed by atoms with E-state index in [2.05, 4.69) is 0 Å². The Morgan fingerprint density at radius 1 is 1.28 bits per heavy atom. The van der Waals surface area contributed by atoms with Gasteiger partial charge >= 0.3 is 5.69 Å². The van der Waals surface area contributed by atoms with Crippen LogP contribution in [-0.2, 0) is 4.74 Å². The van der Waals surface area contributed by atoms with Crippen molar-refractivity contribution in [3.8, 4) is 0 Å². The van der Waals surface area contributed by atoms with E-state index in [1.165, 1.54) is 25.3 Å². The molecule has 1 saturated heterocycles. The highest BCUT2D eigenvalue weighted by Crippen LogP contribution is 2.27. The summed E-state index contributed by atoms with van der Waals surface area (Å²) in [6.07, 6.45) is -1.25. The number of hydrogen-bond acceptors (Lipinski definition) is 6. The normalized spacial score (nSPS) is 22.9. The van der Waals surface area contributed by atoms with E-state index >= 15 is 0 Å². The SMILES string of the molecule is Cc1cn([C@H]2CC(O)[C@@H](CO)O2)c(=O)n(C(=O)c2ccccc2)c1=O. The average molecular weight is 346 g/mol. The lowest BCUT2D eigenvalue weighted by Crippen LogP contribution is -2.45. The van der Waals surface area contributed by atoms with Crippen LogP contribution in [0.2, 0.25) is 0 Å². The van der Waals surface area contributed by atoms with Crippen LogP contribution in [0, 0.1) is 6.92 Å². The lowest BCUT2D eigenvalue weighted by molar-refractivity contribution is -0.0462. The van der Waals surface area contributed by atoms with Crippen molar-refractivity contribution in [1.82, 2.24) is 9.13 Å². The predicted octanol–water partition coefficient (Wildman–Crippen LogP) is -0.352. The molecule has 8 nitrogen and oxygen atoms in total. The van der Waals surface area contributed by atoms with Crippen LogP contribution in [0.4, 0.5) is 0 Å². The lowest BCUT2D eigenvalue weighted by Gasteiger charge is -2.17. The van der Waals surface area contributed by atoms with E-state index in [4.69, 9.17) is 4.74 Å². The first-order chi connectivity index (χ1) is 11.9. The Balaban J connectivity index is 2.09. The van der Waals surface area contributed by atoms with Gasteiger partial charge in [0.2, 0.25) is 0 Å². The molecular weight excluding hydrogens is 328 g/mol. The molecule has 1 fully saturated rings. The van der Waals surface area contributed by atoms with Crippen molar-refractivity contribution in [2.45, 2.75) is 31.8 Å². The first kappa shape index (κ1) is 17.3. The number of rotatable bonds is 3. The van der Waals surface area contributed by atoms with E-state index in [0.29, 0.717) is 4.57 Å². The van der Waals surface area contributed by atoms with E-state index in [0.717, 1.165) is 4.57 Å². The third kappa shape index (κ3) is 3.07. The van der Waals surface area contributed by atoms with Crippen LogP contribution in [0.25, 0.3) is 0 Å². The molecule has 3 rings (SSSR count).